The van der Waals surface area contributed by atoms with Crippen molar-refractivity contribution in [2.24, 2.45) is 0 Å². The van der Waals surface area contributed by atoms with Crippen LogP contribution in [0.4, 0.5) is 10.1 Å². The maximum atomic E-state index is 12.8. The number of hydrogen-bond acceptors (Lipinski definition) is 2. The lowest BCUT2D eigenvalue weighted by Gasteiger charge is -2.19. The molecule has 0 aliphatic carbocycles. The fraction of sp³-hybridized carbons (Fsp3) is 0.133. The summed E-state index contributed by atoms with van der Waals surface area (Å²) in [6.45, 7) is 0.720. The van der Waals surface area contributed by atoms with Crippen molar-refractivity contribution < 1.29 is 4.39 Å². The largest absolute Gasteiger partial charge is 0.370 e. The summed E-state index contributed by atoms with van der Waals surface area (Å²) in [5, 5.41) is 8.72. The molecule has 0 aliphatic rings. The monoisotopic (exact) mass is 240 g/mol. The Kier molecular flexibility index (Phi) is 3.59. The van der Waals surface area contributed by atoms with Crippen LogP contribution in [0.3, 0.4) is 0 Å². The van der Waals surface area contributed by atoms with E-state index < -0.39 is 0 Å². The van der Waals surface area contributed by atoms with Crippen LogP contribution in [0.1, 0.15) is 11.1 Å². The van der Waals surface area contributed by atoms with Crippen molar-refractivity contribution in [2.75, 3.05) is 11.9 Å². The second-order valence-electron chi connectivity index (χ2n) is 4.14. The first kappa shape index (κ1) is 12.1. The SMILES string of the molecule is CN(Cc1ccc(C#N)cc1)c1ccc(F)cc1. The highest BCUT2D eigenvalue weighted by Gasteiger charge is 2.02. The number of benzene rings is 2. The molecule has 2 aromatic carbocycles. The molecule has 0 amide bonds. The Hall–Kier alpha value is -2.34. The van der Waals surface area contributed by atoms with Crippen molar-refractivity contribution in [1.29, 1.82) is 5.26 Å². The third-order valence-corrected chi connectivity index (χ3v) is 2.77. The van der Waals surface area contributed by atoms with Gasteiger partial charge in [0.2, 0.25) is 0 Å². The molecule has 2 aromatic rings. The predicted molar refractivity (Wildman–Crippen MR) is 69.7 cm³/mol. The standard InChI is InChI=1S/C15H13FN2/c1-18(15-8-6-14(16)7-9-15)11-13-4-2-12(10-17)3-5-13/h2-9H,11H2,1H3. The molecule has 0 heterocycles. The second-order valence-corrected chi connectivity index (χ2v) is 4.14. The maximum Gasteiger partial charge on any atom is 0.123 e. The smallest absolute Gasteiger partial charge is 0.123 e. The molecule has 0 spiro atoms. The first-order valence-corrected chi connectivity index (χ1v) is 5.65. The molecule has 0 bridgehead atoms. The van der Waals surface area contributed by atoms with Gasteiger partial charge in [-0.1, -0.05) is 12.1 Å². The molecule has 0 saturated heterocycles. The lowest BCUT2D eigenvalue weighted by Crippen LogP contribution is -2.16. The average molecular weight is 240 g/mol. The molecule has 0 N–H and O–H groups in total. The first-order valence-electron chi connectivity index (χ1n) is 5.65. The van der Waals surface area contributed by atoms with Crippen molar-refractivity contribution in [3.8, 4) is 6.07 Å². The van der Waals surface area contributed by atoms with E-state index in [0.717, 1.165) is 17.8 Å². The Bertz CT molecular complexity index is 553. The van der Waals surface area contributed by atoms with Gasteiger partial charge < -0.3 is 4.90 Å². The van der Waals surface area contributed by atoms with Crippen molar-refractivity contribution in [2.45, 2.75) is 6.54 Å². The van der Waals surface area contributed by atoms with Crippen LogP contribution in [0.15, 0.2) is 48.5 Å². The van der Waals surface area contributed by atoms with E-state index in [9.17, 15) is 4.39 Å². The maximum absolute atomic E-state index is 12.8. The third kappa shape index (κ3) is 2.86. The van der Waals surface area contributed by atoms with Gasteiger partial charge in [-0.3, -0.25) is 0 Å². The number of rotatable bonds is 3. The Morgan fingerprint density at radius 2 is 1.67 bits per heavy atom. The minimum Gasteiger partial charge on any atom is -0.370 e. The Morgan fingerprint density at radius 1 is 1.06 bits per heavy atom. The van der Waals surface area contributed by atoms with Gasteiger partial charge in [-0.05, 0) is 42.0 Å². The molecule has 2 nitrogen and oxygen atoms in total. The zero-order chi connectivity index (χ0) is 13.0. The van der Waals surface area contributed by atoms with E-state index in [-0.39, 0.29) is 5.82 Å². The molecule has 2 rings (SSSR count). The highest BCUT2D eigenvalue weighted by atomic mass is 19.1. The van der Waals surface area contributed by atoms with Crippen LogP contribution in [-0.4, -0.2) is 7.05 Å². The fourth-order valence-electron chi connectivity index (χ4n) is 1.75. The number of anilines is 1. The van der Waals surface area contributed by atoms with Gasteiger partial charge in [0.1, 0.15) is 5.82 Å². The average Bonchev–Trinajstić information content (AvgIpc) is 2.40. The third-order valence-electron chi connectivity index (χ3n) is 2.77. The zero-order valence-corrected chi connectivity index (χ0v) is 10.1. The molecule has 0 radical (unpaired) electrons. The summed E-state index contributed by atoms with van der Waals surface area (Å²) in [7, 11) is 1.95. The zero-order valence-electron chi connectivity index (χ0n) is 10.1. The van der Waals surface area contributed by atoms with Crippen LogP contribution in [0.25, 0.3) is 0 Å². The van der Waals surface area contributed by atoms with Crippen LogP contribution in [0, 0.1) is 17.1 Å². The van der Waals surface area contributed by atoms with Crippen LogP contribution in [0.2, 0.25) is 0 Å². The highest BCUT2D eigenvalue weighted by Crippen LogP contribution is 2.16. The lowest BCUT2D eigenvalue weighted by molar-refractivity contribution is 0.627. The molecule has 18 heavy (non-hydrogen) atoms. The van der Waals surface area contributed by atoms with E-state index in [1.165, 1.54) is 12.1 Å². The van der Waals surface area contributed by atoms with Gasteiger partial charge in [0.15, 0.2) is 0 Å². The van der Waals surface area contributed by atoms with Crippen molar-refractivity contribution in [1.82, 2.24) is 0 Å². The summed E-state index contributed by atoms with van der Waals surface area (Å²) in [4.78, 5) is 2.03. The second kappa shape index (κ2) is 5.33. The fourth-order valence-corrected chi connectivity index (χ4v) is 1.75. The molecule has 0 aliphatic heterocycles. The first-order chi connectivity index (χ1) is 8.69. The summed E-state index contributed by atoms with van der Waals surface area (Å²) >= 11 is 0. The van der Waals surface area contributed by atoms with Gasteiger partial charge in [-0.15, -0.1) is 0 Å². The van der Waals surface area contributed by atoms with Gasteiger partial charge in [0, 0.05) is 19.3 Å². The summed E-state index contributed by atoms with van der Waals surface area (Å²) in [6.07, 6.45) is 0. The van der Waals surface area contributed by atoms with Crippen molar-refractivity contribution in [3.63, 3.8) is 0 Å². The molecule has 0 aromatic heterocycles. The molecule has 90 valence electrons. The van der Waals surface area contributed by atoms with Crippen LogP contribution >= 0.6 is 0 Å². The molecule has 0 fully saturated rings. The van der Waals surface area contributed by atoms with Crippen LogP contribution < -0.4 is 4.90 Å². The minimum atomic E-state index is -0.231. The molecular weight excluding hydrogens is 227 g/mol. The van der Waals surface area contributed by atoms with E-state index in [2.05, 4.69) is 6.07 Å². The van der Waals surface area contributed by atoms with Gasteiger partial charge in [-0.2, -0.15) is 5.26 Å². The van der Waals surface area contributed by atoms with Crippen molar-refractivity contribution >= 4 is 5.69 Å². The number of hydrogen-bond donors (Lipinski definition) is 0. The number of halogens is 1. The Labute approximate surface area is 106 Å². The Morgan fingerprint density at radius 3 is 2.22 bits per heavy atom. The Balaban J connectivity index is 2.08. The minimum absolute atomic E-state index is 0.231. The summed E-state index contributed by atoms with van der Waals surface area (Å²) in [6, 6.07) is 15.9. The van der Waals surface area contributed by atoms with E-state index in [1.807, 2.05) is 24.1 Å². The number of nitrogens with zero attached hydrogens (tertiary/aromatic N) is 2. The van der Waals surface area contributed by atoms with Gasteiger partial charge in [0.25, 0.3) is 0 Å². The predicted octanol–water partition coefficient (Wildman–Crippen LogP) is 3.33. The number of nitriles is 1. The highest BCUT2D eigenvalue weighted by molar-refractivity contribution is 5.46. The molecule has 0 saturated carbocycles. The van der Waals surface area contributed by atoms with Crippen LogP contribution in [-0.2, 0) is 6.54 Å². The summed E-state index contributed by atoms with van der Waals surface area (Å²) in [5.74, 6) is -0.231. The van der Waals surface area contributed by atoms with E-state index in [4.69, 9.17) is 5.26 Å². The summed E-state index contributed by atoms with van der Waals surface area (Å²) < 4.78 is 12.8. The summed E-state index contributed by atoms with van der Waals surface area (Å²) in [5.41, 5.74) is 2.73. The topological polar surface area (TPSA) is 27.0 Å². The molecular formula is C15H13FN2. The quantitative estimate of drug-likeness (QED) is 0.822. The molecule has 0 atom stereocenters. The van der Waals surface area contributed by atoms with Gasteiger partial charge >= 0.3 is 0 Å². The molecule has 0 unspecified atom stereocenters. The van der Waals surface area contributed by atoms with E-state index >= 15 is 0 Å². The van der Waals surface area contributed by atoms with Gasteiger partial charge in [-0.25, -0.2) is 4.39 Å². The van der Waals surface area contributed by atoms with E-state index in [0.29, 0.717) is 5.56 Å². The normalized spacial score (nSPS) is 9.83. The van der Waals surface area contributed by atoms with Crippen LogP contribution in [0.5, 0.6) is 0 Å². The van der Waals surface area contributed by atoms with Crippen molar-refractivity contribution in [3.05, 3.63) is 65.5 Å². The lowest BCUT2D eigenvalue weighted by atomic mass is 10.1. The molecule has 3 heteroatoms. The van der Waals surface area contributed by atoms with E-state index in [1.54, 1.807) is 24.3 Å². The van der Waals surface area contributed by atoms with Gasteiger partial charge in [0.05, 0.1) is 11.6 Å².